The Hall–Kier alpha value is -2.55. The number of rotatable bonds is 5. The van der Waals surface area contributed by atoms with Crippen LogP contribution in [0.15, 0.2) is 48.5 Å². The SMILES string of the molecule is COc1ccccc1/C(=C/c1ccc(C(C)C)cc1)C(=O)O. The summed E-state index contributed by atoms with van der Waals surface area (Å²) in [5, 5.41) is 9.53. The van der Waals surface area contributed by atoms with Crippen molar-refractivity contribution in [1.29, 1.82) is 0 Å². The van der Waals surface area contributed by atoms with Crippen molar-refractivity contribution < 1.29 is 14.6 Å². The van der Waals surface area contributed by atoms with Gasteiger partial charge in [-0.2, -0.15) is 0 Å². The zero-order valence-corrected chi connectivity index (χ0v) is 13.0. The number of benzene rings is 2. The molecule has 0 atom stereocenters. The number of carbonyl (C=O) groups is 1. The topological polar surface area (TPSA) is 46.5 Å². The van der Waals surface area contributed by atoms with E-state index >= 15 is 0 Å². The molecule has 0 aliphatic heterocycles. The Bertz CT molecular complexity index is 682. The molecule has 2 aromatic rings. The zero-order chi connectivity index (χ0) is 16.1. The molecule has 0 aliphatic carbocycles. The first-order valence-corrected chi connectivity index (χ1v) is 7.21. The predicted octanol–water partition coefficient (Wildman–Crippen LogP) is 4.44. The molecule has 0 spiro atoms. The minimum atomic E-state index is -0.975. The van der Waals surface area contributed by atoms with Crippen LogP contribution in [-0.4, -0.2) is 18.2 Å². The monoisotopic (exact) mass is 296 g/mol. The summed E-state index contributed by atoms with van der Waals surface area (Å²) < 4.78 is 5.26. The van der Waals surface area contributed by atoms with Crippen LogP contribution in [0.25, 0.3) is 11.6 Å². The summed E-state index contributed by atoms with van der Waals surface area (Å²) in [6.07, 6.45) is 1.67. The Morgan fingerprint density at radius 3 is 2.27 bits per heavy atom. The van der Waals surface area contributed by atoms with E-state index in [-0.39, 0.29) is 5.57 Å². The average Bonchev–Trinajstić information content (AvgIpc) is 2.52. The molecule has 114 valence electrons. The van der Waals surface area contributed by atoms with E-state index in [4.69, 9.17) is 4.74 Å². The minimum absolute atomic E-state index is 0.217. The van der Waals surface area contributed by atoms with Gasteiger partial charge in [-0.05, 0) is 29.2 Å². The highest BCUT2D eigenvalue weighted by atomic mass is 16.5. The van der Waals surface area contributed by atoms with Crippen LogP contribution in [0.5, 0.6) is 5.75 Å². The van der Waals surface area contributed by atoms with Crippen molar-refractivity contribution >= 4 is 17.6 Å². The molecule has 2 aromatic carbocycles. The molecule has 0 unspecified atom stereocenters. The molecular formula is C19H20O3. The summed E-state index contributed by atoms with van der Waals surface area (Å²) in [6, 6.07) is 15.1. The third kappa shape index (κ3) is 3.55. The molecule has 0 aromatic heterocycles. The Kier molecular flexibility index (Phi) is 4.99. The average molecular weight is 296 g/mol. The zero-order valence-electron chi connectivity index (χ0n) is 13.0. The van der Waals surface area contributed by atoms with Crippen molar-refractivity contribution in [1.82, 2.24) is 0 Å². The van der Waals surface area contributed by atoms with E-state index in [0.29, 0.717) is 17.2 Å². The molecular weight excluding hydrogens is 276 g/mol. The molecule has 0 bridgehead atoms. The van der Waals surface area contributed by atoms with E-state index in [2.05, 4.69) is 13.8 Å². The van der Waals surface area contributed by atoms with Gasteiger partial charge in [0, 0.05) is 5.56 Å². The highest BCUT2D eigenvalue weighted by Crippen LogP contribution is 2.28. The number of para-hydroxylation sites is 1. The first-order valence-electron chi connectivity index (χ1n) is 7.21. The van der Waals surface area contributed by atoms with Crippen LogP contribution in [0.4, 0.5) is 0 Å². The van der Waals surface area contributed by atoms with Gasteiger partial charge in [0.15, 0.2) is 0 Å². The van der Waals surface area contributed by atoms with Crippen molar-refractivity contribution in [3.05, 3.63) is 65.2 Å². The van der Waals surface area contributed by atoms with Gasteiger partial charge in [0.1, 0.15) is 5.75 Å². The normalized spacial score (nSPS) is 11.5. The summed E-state index contributed by atoms with van der Waals surface area (Å²) in [5.41, 5.74) is 2.87. The van der Waals surface area contributed by atoms with Crippen LogP contribution in [0.2, 0.25) is 0 Å². The van der Waals surface area contributed by atoms with Crippen molar-refractivity contribution in [2.45, 2.75) is 19.8 Å². The number of hydrogen-bond donors (Lipinski definition) is 1. The maximum absolute atomic E-state index is 11.6. The molecule has 0 aliphatic rings. The molecule has 0 saturated heterocycles. The summed E-state index contributed by atoms with van der Waals surface area (Å²) in [4.78, 5) is 11.6. The van der Waals surface area contributed by atoms with Gasteiger partial charge >= 0.3 is 5.97 Å². The molecule has 0 saturated carbocycles. The maximum atomic E-state index is 11.6. The molecule has 3 heteroatoms. The Morgan fingerprint density at radius 1 is 1.09 bits per heavy atom. The number of aliphatic carboxylic acids is 1. The highest BCUT2D eigenvalue weighted by molar-refractivity contribution is 6.21. The third-order valence-electron chi connectivity index (χ3n) is 3.54. The standard InChI is InChI=1S/C19H20O3/c1-13(2)15-10-8-14(9-11-15)12-17(19(20)21)16-6-4-5-7-18(16)22-3/h4-13H,1-3H3,(H,20,21)/b17-12-. The first kappa shape index (κ1) is 15.8. The Labute approximate surface area is 130 Å². The fourth-order valence-corrected chi connectivity index (χ4v) is 2.27. The van der Waals surface area contributed by atoms with Crippen LogP contribution >= 0.6 is 0 Å². The van der Waals surface area contributed by atoms with Crippen molar-refractivity contribution in [3.8, 4) is 5.75 Å². The smallest absolute Gasteiger partial charge is 0.336 e. The van der Waals surface area contributed by atoms with Gasteiger partial charge in [-0.25, -0.2) is 4.79 Å². The predicted molar refractivity (Wildman–Crippen MR) is 89.0 cm³/mol. The van der Waals surface area contributed by atoms with Crippen LogP contribution < -0.4 is 4.74 Å². The fraction of sp³-hybridized carbons (Fsp3) is 0.211. The number of ether oxygens (including phenoxy) is 1. The van der Waals surface area contributed by atoms with Crippen molar-refractivity contribution in [2.75, 3.05) is 7.11 Å². The van der Waals surface area contributed by atoms with Gasteiger partial charge in [-0.15, -0.1) is 0 Å². The minimum Gasteiger partial charge on any atom is -0.496 e. The molecule has 2 rings (SSSR count). The van der Waals surface area contributed by atoms with Gasteiger partial charge in [-0.1, -0.05) is 56.3 Å². The van der Waals surface area contributed by atoms with E-state index in [9.17, 15) is 9.90 Å². The molecule has 22 heavy (non-hydrogen) atoms. The second-order valence-electron chi connectivity index (χ2n) is 5.38. The lowest BCUT2D eigenvalue weighted by Gasteiger charge is -2.09. The molecule has 3 nitrogen and oxygen atoms in total. The molecule has 0 radical (unpaired) electrons. The summed E-state index contributed by atoms with van der Waals surface area (Å²) in [5.74, 6) is 0.0265. The van der Waals surface area contributed by atoms with E-state index < -0.39 is 5.97 Å². The van der Waals surface area contributed by atoms with Crippen molar-refractivity contribution in [2.24, 2.45) is 0 Å². The third-order valence-corrected chi connectivity index (χ3v) is 3.54. The van der Waals surface area contributed by atoms with E-state index in [1.165, 1.54) is 12.7 Å². The molecule has 0 heterocycles. The molecule has 0 amide bonds. The van der Waals surface area contributed by atoms with Crippen LogP contribution in [0.1, 0.15) is 36.5 Å². The molecule has 0 fully saturated rings. The van der Waals surface area contributed by atoms with E-state index in [1.54, 1.807) is 24.3 Å². The Morgan fingerprint density at radius 2 is 1.73 bits per heavy atom. The summed E-state index contributed by atoms with van der Waals surface area (Å²) >= 11 is 0. The van der Waals surface area contributed by atoms with E-state index in [1.807, 2.05) is 30.3 Å². The fourth-order valence-electron chi connectivity index (χ4n) is 2.27. The number of carboxylic acids is 1. The summed E-state index contributed by atoms with van der Waals surface area (Å²) in [7, 11) is 1.54. The van der Waals surface area contributed by atoms with Gasteiger partial charge in [-0.3, -0.25) is 0 Å². The molecule has 1 N–H and O–H groups in total. The first-order chi connectivity index (χ1) is 10.5. The van der Waals surface area contributed by atoms with Gasteiger partial charge in [0.05, 0.1) is 12.7 Å². The number of methoxy groups -OCH3 is 1. The number of carboxylic acid groups (broad SMARTS) is 1. The lowest BCUT2D eigenvalue weighted by Crippen LogP contribution is -2.01. The second kappa shape index (κ2) is 6.94. The summed E-state index contributed by atoms with van der Waals surface area (Å²) in [6.45, 7) is 4.25. The highest BCUT2D eigenvalue weighted by Gasteiger charge is 2.14. The Balaban J connectivity index is 2.45. The largest absolute Gasteiger partial charge is 0.496 e. The van der Waals surface area contributed by atoms with Crippen LogP contribution in [0, 0.1) is 0 Å². The number of hydrogen-bond acceptors (Lipinski definition) is 2. The van der Waals surface area contributed by atoms with Gasteiger partial charge in [0.2, 0.25) is 0 Å². The lowest BCUT2D eigenvalue weighted by atomic mass is 9.99. The van der Waals surface area contributed by atoms with Crippen LogP contribution in [0.3, 0.4) is 0 Å². The van der Waals surface area contributed by atoms with E-state index in [0.717, 1.165) is 5.56 Å². The maximum Gasteiger partial charge on any atom is 0.336 e. The van der Waals surface area contributed by atoms with Crippen molar-refractivity contribution in [3.63, 3.8) is 0 Å². The van der Waals surface area contributed by atoms with Gasteiger partial charge < -0.3 is 9.84 Å². The second-order valence-corrected chi connectivity index (χ2v) is 5.38. The lowest BCUT2D eigenvalue weighted by molar-refractivity contribution is -0.130. The van der Waals surface area contributed by atoms with Gasteiger partial charge in [0.25, 0.3) is 0 Å². The quantitative estimate of drug-likeness (QED) is 0.655. The van der Waals surface area contributed by atoms with Crippen LogP contribution in [-0.2, 0) is 4.79 Å².